The van der Waals surface area contributed by atoms with Crippen LogP contribution < -0.4 is 5.73 Å². The molecular formula is C7H15NOS. The molecular weight excluding hydrogens is 146 g/mol. The molecule has 3 N–H and O–H groups in total. The van der Waals surface area contributed by atoms with Crippen molar-refractivity contribution in [3.05, 3.63) is 0 Å². The molecule has 0 spiro atoms. The van der Waals surface area contributed by atoms with Gasteiger partial charge < -0.3 is 10.8 Å². The van der Waals surface area contributed by atoms with E-state index in [0.717, 1.165) is 12.8 Å². The van der Waals surface area contributed by atoms with Crippen LogP contribution in [-0.2, 0) is 0 Å². The summed E-state index contributed by atoms with van der Waals surface area (Å²) in [6.45, 7) is 2.46. The van der Waals surface area contributed by atoms with Gasteiger partial charge in [0, 0.05) is 11.8 Å². The number of nitrogens with two attached hydrogens (primary N) is 1. The Kier molecular flexibility index (Phi) is 2.61. The van der Waals surface area contributed by atoms with Gasteiger partial charge in [0.05, 0.1) is 5.60 Å². The lowest BCUT2D eigenvalue weighted by Crippen LogP contribution is -2.47. The van der Waals surface area contributed by atoms with Gasteiger partial charge in [-0.05, 0) is 18.6 Å². The summed E-state index contributed by atoms with van der Waals surface area (Å²) >= 11 is 1.82. The summed E-state index contributed by atoms with van der Waals surface area (Å²) < 4.78 is 0. The van der Waals surface area contributed by atoms with Crippen molar-refractivity contribution in [2.75, 3.05) is 12.3 Å². The van der Waals surface area contributed by atoms with Crippen molar-refractivity contribution in [2.45, 2.75) is 30.6 Å². The van der Waals surface area contributed by atoms with Crippen molar-refractivity contribution in [1.29, 1.82) is 0 Å². The summed E-state index contributed by atoms with van der Waals surface area (Å²) in [6, 6.07) is 0. The van der Waals surface area contributed by atoms with E-state index in [2.05, 4.69) is 6.92 Å². The summed E-state index contributed by atoms with van der Waals surface area (Å²) in [5.41, 5.74) is 4.88. The quantitative estimate of drug-likeness (QED) is 0.592. The van der Waals surface area contributed by atoms with Crippen LogP contribution in [0.4, 0.5) is 0 Å². The molecule has 2 unspecified atom stereocenters. The molecule has 1 aliphatic heterocycles. The van der Waals surface area contributed by atoms with Gasteiger partial charge in [-0.15, -0.1) is 0 Å². The van der Waals surface area contributed by atoms with Gasteiger partial charge in [-0.25, -0.2) is 0 Å². The molecule has 0 radical (unpaired) electrons. The monoisotopic (exact) mass is 161 g/mol. The standard InChI is InChI=1S/C7H15NOS/c1-6-7(9,5-8)3-2-4-10-6/h6,9H,2-5,8H2,1H3. The SMILES string of the molecule is CC1SCCCC1(O)CN. The molecule has 0 aromatic rings. The van der Waals surface area contributed by atoms with Gasteiger partial charge in [0.1, 0.15) is 0 Å². The molecule has 1 fully saturated rings. The largest absolute Gasteiger partial charge is 0.387 e. The smallest absolute Gasteiger partial charge is 0.0884 e. The lowest BCUT2D eigenvalue weighted by atomic mass is 9.94. The molecule has 0 saturated carbocycles. The highest BCUT2D eigenvalue weighted by atomic mass is 32.2. The lowest BCUT2D eigenvalue weighted by Gasteiger charge is -2.36. The van der Waals surface area contributed by atoms with Gasteiger partial charge in [-0.2, -0.15) is 11.8 Å². The highest BCUT2D eigenvalue weighted by Gasteiger charge is 2.34. The zero-order chi connectivity index (χ0) is 7.61. The Morgan fingerprint density at radius 1 is 1.80 bits per heavy atom. The zero-order valence-electron chi connectivity index (χ0n) is 6.34. The first-order valence-corrected chi connectivity index (χ1v) is 4.78. The number of aliphatic hydroxyl groups is 1. The van der Waals surface area contributed by atoms with Gasteiger partial charge in [0.15, 0.2) is 0 Å². The molecule has 0 aliphatic carbocycles. The number of thioether (sulfide) groups is 1. The fraction of sp³-hybridized carbons (Fsp3) is 1.00. The molecule has 0 bridgehead atoms. The molecule has 1 saturated heterocycles. The average Bonchev–Trinajstić information content (AvgIpc) is 1.96. The van der Waals surface area contributed by atoms with Crippen molar-refractivity contribution in [2.24, 2.45) is 5.73 Å². The summed E-state index contributed by atoms with van der Waals surface area (Å²) in [4.78, 5) is 0. The highest BCUT2D eigenvalue weighted by molar-refractivity contribution is 8.00. The summed E-state index contributed by atoms with van der Waals surface area (Å²) in [5.74, 6) is 1.17. The van der Waals surface area contributed by atoms with Crippen molar-refractivity contribution in [1.82, 2.24) is 0 Å². The normalized spacial score (nSPS) is 41.7. The van der Waals surface area contributed by atoms with Gasteiger partial charge in [-0.3, -0.25) is 0 Å². The van der Waals surface area contributed by atoms with Crippen LogP contribution in [0.1, 0.15) is 19.8 Å². The number of rotatable bonds is 1. The molecule has 1 aliphatic rings. The Labute approximate surface area is 66.2 Å². The van der Waals surface area contributed by atoms with E-state index in [4.69, 9.17) is 5.73 Å². The Balaban J connectivity index is 2.54. The maximum Gasteiger partial charge on any atom is 0.0884 e. The topological polar surface area (TPSA) is 46.2 Å². The first-order valence-electron chi connectivity index (χ1n) is 3.73. The summed E-state index contributed by atoms with van der Waals surface area (Å²) in [5, 5.41) is 10.1. The van der Waals surface area contributed by atoms with Gasteiger partial charge >= 0.3 is 0 Å². The lowest BCUT2D eigenvalue weighted by molar-refractivity contribution is 0.0384. The van der Waals surface area contributed by atoms with Crippen LogP contribution in [0.3, 0.4) is 0 Å². The minimum Gasteiger partial charge on any atom is -0.387 e. The van der Waals surface area contributed by atoms with Crippen LogP contribution in [-0.4, -0.2) is 28.3 Å². The molecule has 60 valence electrons. The van der Waals surface area contributed by atoms with Crippen molar-refractivity contribution in [3.8, 4) is 0 Å². The fourth-order valence-corrected chi connectivity index (χ4v) is 2.45. The second-order valence-electron chi connectivity index (χ2n) is 2.92. The van der Waals surface area contributed by atoms with E-state index in [1.807, 2.05) is 11.8 Å². The molecule has 2 atom stereocenters. The van der Waals surface area contributed by atoms with Crippen LogP contribution in [0.15, 0.2) is 0 Å². The van der Waals surface area contributed by atoms with E-state index in [0.29, 0.717) is 11.8 Å². The third-order valence-electron chi connectivity index (χ3n) is 2.23. The maximum atomic E-state index is 9.80. The van der Waals surface area contributed by atoms with Crippen molar-refractivity contribution >= 4 is 11.8 Å². The summed E-state index contributed by atoms with van der Waals surface area (Å²) in [7, 11) is 0. The Morgan fingerprint density at radius 2 is 2.50 bits per heavy atom. The van der Waals surface area contributed by atoms with Crippen LogP contribution in [0, 0.1) is 0 Å². The highest BCUT2D eigenvalue weighted by Crippen LogP contribution is 2.32. The number of hydrogen-bond acceptors (Lipinski definition) is 3. The summed E-state index contributed by atoms with van der Waals surface area (Å²) in [6.07, 6.45) is 1.97. The maximum absolute atomic E-state index is 9.80. The van der Waals surface area contributed by atoms with E-state index in [-0.39, 0.29) is 0 Å². The molecule has 3 heteroatoms. The zero-order valence-corrected chi connectivity index (χ0v) is 7.16. The van der Waals surface area contributed by atoms with Crippen LogP contribution in [0.2, 0.25) is 0 Å². The van der Waals surface area contributed by atoms with Gasteiger partial charge in [-0.1, -0.05) is 6.92 Å². The van der Waals surface area contributed by atoms with E-state index < -0.39 is 5.60 Å². The van der Waals surface area contributed by atoms with E-state index >= 15 is 0 Å². The Morgan fingerprint density at radius 3 is 2.90 bits per heavy atom. The van der Waals surface area contributed by atoms with E-state index in [1.54, 1.807) is 0 Å². The van der Waals surface area contributed by atoms with Crippen LogP contribution in [0.25, 0.3) is 0 Å². The van der Waals surface area contributed by atoms with Crippen molar-refractivity contribution < 1.29 is 5.11 Å². The third-order valence-corrected chi connectivity index (χ3v) is 3.70. The van der Waals surface area contributed by atoms with Crippen LogP contribution >= 0.6 is 11.8 Å². The molecule has 2 nitrogen and oxygen atoms in total. The average molecular weight is 161 g/mol. The molecule has 10 heavy (non-hydrogen) atoms. The molecule has 1 rings (SSSR count). The van der Waals surface area contributed by atoms with Gasteiger partial charge in [0.25, 0.3) is 0 Å². The van der Waals surface area contributed by atoms with Crippen molar-refractivity contribution in [3.63, 3.8) is 0 Å². The second-order valence-corrected chi connectivity index (χ2v) is 4.37. The Bertz CT molecular complexity index is 120. The fourth-order valence-electron chi connectivity index (χ4n) is 1.26. The Hall–Kier alpha value is 0.270. The van der Waals surface area contributed by atoms with Crippen LogP contribution in [0.5, 0.6) is 0 Å². The predicted molar refractivity (Wildman–Crippen MR) is 45.2 cm³/mol. The first kappa shape index (κ1) is 8.37. The third kappa shape index (κ3) is 1.47. The number of hydrogen-bond donors (Lipinski definition) is 2. The minimum absolute atomic E-state index is 0.311. The molecule has 0 amide bonds. The van der Waals surface area contributed by atoms with E-state index in [9.17, 15) is 5.11 Å². The predicted octanol–water partition coefficient (Wildman–Crippen LogP) is 0.592. The second kappa shape index (κ2) is 3.11. The molecule has 0 aromatic carbocycles. The van der Waals surface area contributed by atoms with Gasteiger partial charge in [0.2, 0.25) is 0 Å². The first-order chi connectivity index (χ1) is 4.69. The molecule has 1 heterocycles. The van der Waals surface area contributed by atoms with E-state index in [1.165, 1.54) is 5.75 Å². The molecule has 0 aromatic heterocycles. The minimum atomic E-state index is -0.580.